The number of nitrogens with one attached hydrogen (secondary N) is 1. The summed E-state index contributed by atoms with van der Waals surface area (Å²) in [5.41, 5.74) is 4.39. The van der Waals surface area contributed by atoms with Gasteiger partial charge in [0.15, 0.2) is 5.78 Å². The minimum atomic E-state index is -0.574. The standard InChI is InChI=1S/C28H29NO5/c1-17-23(27(32)34-16-18-8-6-5-7-9-18)24(19-10-12-20(13-11-19)26(31)33-4)25-21(29-17)14-28(2,3)15-22(25)30/h5-13,24,29H,14-16H2,1-4H3/t24-/m1/s1. The third kappa shape index (κ3) is 4.67. The van der Waals surface area contributed by atoms with Gasteiger partial charge in [-0.05, 0) is 42.0 Å². The van der Waals surface area contributed by atoms with Gasteiger partial charge in [-0.3, -0.25) is 4.79 Å². The number of benzene rings is 2. The van der Waals surface area contributed by atoms with Gasteiger partial charge < -0.3 is 14.8 Å². The molecule has 2 aliphatic rings. The van der Waals surface area contributed by atoms with E-state index in [1.54, 1.807) is 24.3 Å². The van der Waals surface area contributed by atoms with Crippen molar-refractivity contribution in [2.75, 3.05) is 7.11 Å². The maximum Gasteiger partial charge on any atom is 0.337 e. The van der Waals surface area contributed by atoms with E-state index in [1.807, 2.05) is 37.3 Å². The number of esters is 2. The molecule has 0 saturated heterocycles. The molecule has 6 heteroatoms. The lowest BCUT2D eigenvalue weighted by atomic mass is 9.68. The van der Waals surface area contributed by atoms with Crippen molar-refractivity contribution in [3.05, 3.63) is 93.8 Å². The van der Waals surface area contributed by atoms with Crippen LogP contribution in [0.1, 0.15) is 61.0 Å². The first-order chi connectivity index (χ1) is 16.2. The highest BCUT2D eigenvalue weighted by molar-refractivity contribution is 6.04. The predicted octanol–water partition coefficient (Wildman–Crippen LogP) is 4.82. The molecule has 2 aromatic carbocycles. The fraction of sp³-hybridized carbons (Fsp3) is 0.321. The van der Waals surface area contributed by atoms with Gasteiger partial charge in [0, 0.05) is 29.3 Å². The SMILES string of the molecule is COC(=O)c1ccc([C@@H]2C(C(=O)OCc3ccccc3)=C(C)NC3=C2C(=O)CC(C)(C)C3)cc1. The molecule has 4 rings (SSSR count). The van der Waals surface area contributed by atoms with Crippen LogP contribution in [0, 0.1) is 5.41 Å². The monoisotopic (exact) mass is 459 g/mol. The number of carbonyl (C=O) groups is 3. The third-order valence-corrected chi connectivity index (χ3v) is 6.34. The van der Waals surface area contributed by atoms with Crippen molar-refractivity contribution in [3.8, 4) is 0 Å². The molecule has 176 valence electrons. The molecule has 1 atom stereocenters. The number of hydrogen-bond donors (Lipinski definition) is 1. The predicted molar refractivity (Wildman–Crippen MR) is 128 cm³/mol. The number of rotatable bonds is 5. The number of ether oxygens (including phenoxy) is 2. The molecule has 2 aromatic rings. The summed E-state index contributed by atoms with van der Waals surface area (Å²) in [5.74, 6) is -1.47. The number of Topliss-reactive ketones (excluding diaryl/α,β-unsaturated/α-hetero) is 1. The number of methoxy groups -OCH3 is 1. The molecule has 1 heterocycles. The first-order valence-electron chi connectivity index (χ1n) is 11.3. The van der Waals surface area contributed by atoms with Crippen LogP contribution in [0.3, 0.4) is 0 Å². The summed E-state index contributed by atoms with van der Waals surface area (Å²) >= 11 is 0. The Labute approximate surface area is 199 Å². The fourth-order valence-electron chi connectivity index (χ4n) is 4.77. The zero-order valence-electron chi connectivity index (χ0n) is 19.9. The molecule has 0 amide bonds. The average Bonchev–Trinajstić information content (AvgIpc) is 2.81. The molecule has 0 bridgehead atoms. The molecule has 0 spiro atoms. The van der Waals surface area contributed by atoms with E-state index < -0.39 is 17.9 Å². The number of dihydropyridines is 1. The van der Waals surface area contributed by atoms with Crippen LogP contribution in [0.15, 0.2) is 77.1 Å². The topological polar surface area (TPSA) is 81.7 Å². The molecule has 0 saturated carbocycles. The molecular weight excluding hydrogens is 430 g/mol. The van der Waals surface area contributed by atoms with Crippen molar-refractivity contribution < 1.29 is 23.9 Å². The Morgan fingerprint density at radius 1 is 1.00 bits per heavy atom. The van der Waals surface area contributed by atoms with Crippen molar-refractivity contribution in [2.24, 2.45) is 5.41 Å². The second kappa shape index (κ2) is 9.29. The second-order valence-corrected chi connectivity index (χ2v) is 9.61. The van der Waals surface area contributed by atoms with E-state index in [2.05, 4.69) is 19.2 Å². The van der Waals surface area contributed by atoms with Gasteiger partial charge >= 0.3 is 11.9 Å². The minimum absolute atomic E-state index is 0.0154. The lowest BCUT2D eigenvalue weighted by Gasteiger charge is -2.39. The third-order valence-electron chi connectivity index (χ3n) is 6.34. The first-order valence-corrected chi connectivity index (χ1v) is 11.3. The van der Waals surface area contributed by atoms with Crippen LogP contribution in [-0.4, -0.2) is 24.8 Å². The summed E-state index contributed by atoms with van der Waals surface area (Å²) in [6.45, 7) is 6.11. The van der Waals surface area contributed by atoms with Crippen molar-refractivity contribution in [2.45, 2.75) is 46.1 Å². The fourth-order valence-corrected chi connectivity index (χ4v) is 4.77. The Bertz CT molecular complexity index is 1190. The van der Waals surface area contributed by atoms with Gasteiger partial charge in [0.2, 0.25) is 0 Å². The highest BCUT2D eigenvalue weighted by Gasteiger charge is 2.43. The summed E-state index contributed by atoms with van der Waals surface area (Å²) < 4.78 is 10.5. The van der Waals surface area contributed by atoms with Gasteiger partial charge in [-0.1, -0.05) is 56.3 Å². The summed E-state index contributed by atoms with van der Waals surface area (Å²) in [7, 11) is 1.33. The summed E-state index contributed by atoms with van der Waals surface area (Å²) in [6.07, 6.45) is 1.10. The van der Waals surface area contributed by atoms with Crippen LogP contribution in [0.25, 0.3) is 0 Å². The Morgan fingerprint density at radius 3 is 2.32 bits per heavy atom. The quantitative estimate of drug-likeness (QED) is 0.646. The van der Waals surface area contributed by atoms with Gasteiger partial charge in [0.1, 0.15) is 6.61 Å². The molecule has 0 unspecified atom stereocenters. The maximum absolute atomic E-state index is 13.4. The largest absolute Gasteiger partial charge is 0.465 e. The van der Waals surface area contributed by atoms with Crippen molar-refractivity contribution in [3.63, 3.8) is 0 Å². The Morgan fingerprint density at radius 2 is 1.68 bits per heavy atom. The number of carbonyl (C=O) groups excluding carboxylic acids is 3. The maximum atomic E-state index is 13.4. The van der Waals surface area contributed by atoms with E-state index >= 15 is 0 Å². The van der Waals surface area contributed by atoms with Gasteiger partial charge in [-0.2, -0.15) is 0 Å². The molecule has 0 radical (unpaired) electrons. The number of ketones is 1. The smallest absolute Gasteiger partial charge is 0.337 e. The van der Waals surface area contributed by atoms with Crippen LogP contribution in [0.2, 0.25) is 0 Å². The van der Waals surface area contributed by atoms with Crippen LogP contribution in [-0.2, 0) is 25.7 Å². The molecule has 1 aliphatic heterocycles. The Balaban J connectivity index is 1.74. The van der Waals surface area contributed by atoms with Gasteiger partial charge in [0.25, 0.3) is 0 Å². The lowest BCUT2D eigenvalue weighted by Crippen LogP contribution is -2.38. The van der Waals surface area contributed by atoms with E-state index in [0.717, 1.165) is 16.8 Å². The summed E-state index contributed by atoms with van der Waals surface area (Å²) in [5, 5.41) is 3.34. The van der Waals surface area contributed by atoms with E-state index in [-0.39, 0.29) is 17.8 Å². The normalized spacial score (nSPS) is 19.3. The Kier molecular flexibility index (Phi) is 6.42. The van der Waals surface area contributed by atoms with E-state index in [9.17, 15) is 14.4 Å². The van der Waals surface area contributed by atoms with E-state index in [0.29, 0.717) is 35.2 Å². The highest BCUT2D eigenvalue weighted by atomic mass is 16.5. The van der Waals surface area contributed by atoms with Gasteiger partial charge in [-0.15, -0.1) is 0 Å². The summed E-state index contributed by atoms with van der Waals surface area (Å²) in [4.78, 5) is 38.6. The van der Waals surface area contributed by atoms with E-state index in [1.165, 1.54) is 7.11 Å². The van der Waals surface area contributed by atoms with Crippen LogP contribution < -0.4 is 5.32 Å². The van der Waals surface area contributed by atoms with Crippen molar-refractivity contribution >= 4 is 17.7 Å². The second-order valence-electron chi connectivity index (χ2n) is 9.61. The van der Waals surface area contributed by atoms with Crippen molar-refractivity contribution in [1.29, 1.82) is 0 Å². The van der Waals surface area contributed by atoms with Crippen LogP contribution >= 0.6 is 0 Å². The molecule has 1 N–H and O–H groups in total. The summed E-state index contributed by atoms with van der Waals surface area (Å²) in [6, 6.07) is 16.3. The molecule has 6 nitrogen and oxygen atoms in total. The van der Waals surface area contributed by atoms with Gasteiger partial charge in [0.05, 0.1) is 18.2 Å². The van der Waals surface area contributed by atoms with Crippen molar-refractivity contribution in [1.82, 2.24) is 5.32 Å². The zero-order valence-corrected chi connectivity index (χ0v) is 19.9. The molecule has 0 aromatic heterocycles. The molecule has 0 fully saturated rings. The first kappa shape index (κ1) is 23.5. The molecule has 34 heavy (non-hydrogen) atoms. The Hall–Kier alpha value is -3.67. The zero-order chi connectivity index (χ0) is 24.5. The highest BCUT2D eigenvalue weighted by Crippen LogP contribution is 2.46. The number of hydrogen-bond acceptors (Lipinski definition) is 6. The molecular formula is C28H29NO5. The number of allylic oxidation sites excluding steroid dienone is 3. The van der Waals surface area contributed by atoms with Gasteiger partial charge in [-0.25, -0.2) is 9.59 Å². The van der Waals surface area contributed by atoms with Crippen LogP contribution in [0.5, 0.6) is 0 Å². The average molecular weight is 460 g/mol. The van der Waals surface area contributed by atoms with E-state index in [4.69, 9.17) is 9.47 Å². The molecule has 1 aliphatic carbocycles. The minimum Gasteiger partial charge on any atom is -0.465 e. The lowest BCUT2D eigenvalue weighted by molar-refractivity contribution is -0.140. The van der Waals surface area contributed by atoms with Crippen LogP contribution in [0.4, 0.5) is 0 Å².